The summed E-state index contributed by atoms with van der Waals surface area (Å²) in [4.78, 5) is 4.73. The molecule has 1 unspecified atom stereocenters. The molecule has 0 aromatic heterocycles. The van der Waals surface area contributed by atoms with Crippen molar-refractivity contribution in [1.82, 2.24) is 4.90 Å². The summed E-state index contributed by atoms with van der Waals surface area (Å²) in [6.45, 7) is 5.46. The molecule has 2 nitrogen and oxygen atoms in total. The van der Waals surface area contributed by atoms with E-state index in [1.807, 2.05) is 0 Å². The molecule has 2 heterocycles. The molecule has 0 saturated carbocycles. The van der Waals surface area contributed by atoms with Crippen molar-refractivity contribution >= 4 is 5.69 Å². The average Bonchev–Trinajstić information content (AvgIpc) is 2.33. The molecule has 0 radical (unpaired) electrons. The minimum Gasteiger partial charge on any atom is -0.344 e. The summed E-state index contributed by atoms with van der Waals surface area (Å²) in [7, 11) is 4.29. The Hall–Kier alpha value is -1.28. The lowest BCUT2D eigenvalue weighted by Gasteiger charge is -2.43. The van der Waals surface area contributed by atoms with Crippen LogP contribution in [0.4, 0.5) is 5.69 Å². The molecular weight excluding hydrogens is 208 g/mol. The molecule has 0 amide bonds. The molecule has 90 valence electrons. The van der Waals surface area contributed by atoms with Crippen molar-refractivity contribution in [2.75, 3.05) is 25.5 Å². The van der Waals surface area contributed by atoms with Crippen LogP contribution in [-0.2, 0) is 12.8 Å². The van der Waals surface area contributed by atoms with Crippen LogP contribution in [-0.4, -0.2) is 31.6 Å². The average molecular weight is 228 g/mol. The molecule has 0 spiro atoms. The Morgan fingerprint density at radius 3 is 2.82 bits per heavy atom. The number of hydrogen-bond acceptors (Lipinski definition) is 2. The fourth-order valence-corrected chi connectivity index (χ4v) is 3.17. The minimum absolute atomic E-state index is 0.454. The number of likely N-dealkylation sites (N-methyl/N-ethyl adjacent to an activating group) is 1. The van der Waals surface area contributed by atoms with Crippen molar-refractivity contribution in [2.45, 2.75) is 25.3 Å². The molecule has 0 N–H and O–H groups in total. The topological polar surface area (TPSA) is 6.48 Å². The first-order valence-corrected chi connectivity index (χ1v) is 6.42. The zero-order valence-electron chi connectivity index (χ0n) is 10.7. The first-order chi connectivity index (χ1) is 8.18. The second kappa shape index (κ2) is 3.88. The van der Waals surface area contributed by atoms with E-state index in [1.165, 1.54) is 35.4 Å². The van der Waals surface area contributed by atoms with Crippen LogP contribution in [0.1, 0.15) is 17.5 Å². The maximum atomic E-state index is 4.33. The Balaban J connectivity index is 2.11. The van der Waals surface area contributed by atoms with Gasteiger partial charge in [0.15, 0.2) is 0 Å². The van der Waals surface area contributed by atoms with Crippen LogP contribution in [0.25, 0.3) is 0 Å². The normalized spacial score (nSPS) is 22.9. The summed E-state index contributed by atoms with van der Waals surface area (Å²) in [5.41, 5.74) is 5.73. The Kier molecular flexibility index (Phi) is 2.48. The van der Waals surface area contributed by atoms with Crippen molar-refractivity contribution < 1.29 is 0 Å². The summed E-state index contributed by atoms with van der Waals surface area (Å²) in [6.07, 6.45) is 3.57. The molecule has 2 aliphatic heterocycles. The van der Waals surface area contributed by atoms with Gasteiger partial charge in [0.1, 0.15) is 0 Å². The van der Waals surface area contributed by atoms with E-state index >= 15 is 0 Å². The van der Waals surface area contributed by atoms with Crippen molar-refractivity contribution in [3.8, 4) is 0 Å². The van der Waals surface area contributed by atoms with Gasteiger partial charge in [-0.15, -0.1) is 0 Å². The lowest BCUT2D eigenvalue weighted by molar-refractivity contribution is 0.316. The summed E-state index contributed by atoms with van der Waals surface area (Å²) in [6, 6.07) is 7.21. The molecule has 17 heavy (non-hydrogen) atoms. The summed E-state index contributed by atoms with van der Waals surface area (Å²) < 4.78 is 0. The molecule has 0 fully saturated rings. The van der Waals surface area contributed by atoms with Gasteiger partial charge in [-0.2, -0.15) is 0 Å². The predicted molar refractivity (Wildman–Crippen MR) is 72.4 cm³/mol. The zero-order chi connectivity index (χ0) is 12.0. The molecule has 2 heteroatoms. The van der Waals surface area contributed by atoms with E-state index in [4.69, 9.17) is 0 Å². The number of rotatable bonds is 1. The maximum absolute atomic E-state index is 4.33. The van der Waals surface area contributed by atoms with E-state index in [-0.39, 0.29) is 0 Å². The highest BCUT2D eigenvalue weighted by molar-refractivity contribution is 5.67. The Morgan fingerprint density at radius 2 is 2.06 bits per heavy atom. The van der Waals surface area contributed by atoms with Crippen LogP contribution in [0.15, 0.2) is 30.5 Å². The molecular formula is C15H20N2. The Morgan fingerprint density at radius 1 is 1.29 bits per heavy atom. The van der Waals surface area contributed by atoms with Gasteiger partial charge in [-0.3, -0.25) is 0 Å². The van der Waals surface area contributed by atoms with Crippen LogP contribution >= 0.6 is 0 Å². The molecule has 0 aliphatic carbocycles. The SMILES string of the molecule is C=C1C(N(C)C)Cc2cccc3c2N1CCC3. The third-order valence-corrected chi connectivity index (χ3v) is 4.07. The quantitative estimate of drug-likeness (QED) is 0.728. The van der Waals surface area contributed by atoms with E-state index in [1.54, 1.807) is 0 Å². The van der Waals surface area contributed by atoms with Gasteiger partial charge < -0.3 is 9.80 Å². The van der Waals surface area contributed by atoms with Gasteiger partial charge in [0.25, 0.3) is 0 Å². The van der Waals surface area contributed by atoms with Crippen molar-refractivity contribution in [2.24, 2.45) is 0 Å². The molecule has 2 aliphatic rings. The number of anilines is 1. The fraction of sp³-hybridized carbons (Fsp3) is 0.467. The van der Waals surface area contributed by atoms with Crippen molar-refractivity contribution in [1.29, 1.82) is 0 Å². The first kappa shape index (κ1) is 10.8. The van der Waals surface area contributed by atoms with Gasteiger partial charge in [0.2, 0.25) is 0 Å². The number of nitrogens with zero attached hydrogens (tertiary/aromatic N) is 2. The van der Waals surface area contributed by atoms with Gasteiger partial charge in [0, 0.05) is 17.9 Å². The highest BCUT2D eigenvalue weighted by Crippen LogP contribution is 2.39. The third kappa shape index (κ3) is 1.59. The van der Waals surface area contributed by atoms with Gasteiger partial charge in [-0.25, -0.2) is 0 Å². The summed E-state index contributed by atoms with van der Waals surface area (Å²) >= 11 is 0. The molecule has 0 bridgehead atoms. The van der Waals surface area contributed by atoms with Crippen molar-refractivity contribution in [3.63, 3.8) is 0 Å². The lowest BCUT2D eigenvalue weighted by atomic mass is 9.88. The van der Waals surface area contributed by atoms with Crippen LogP contribution < -0.4 is 4.90 Å². The van der Waals surface area contributed by atoms with E-state index in [2.05, 4.69) is 48.7 Å². The van der Waals surface area contributed by atoms with Gasteiger partial charge in [-0.1, -0.05) is 24.8 Å². The Bertz CT molecular complexity index is 462. The number of para-hydroxylation sites is 1. The lowest BCUT2D eigenvalue weighted by Crippen LogP contribution is -2.45. The maximum Gasteiger partial charge on any atom is 0.0530 e. The van der Waals surface area contributed by atoms with E-state index in [0.29, 0.717) is 6.04 Å². The van der Waals surface area contributed by atoms with Gasteiger partial charge in [-0.05, 0) is 44.5 Å². The number of benzene rings is 1. The van der Waals surface area contributed by atoms with E-state index < -0.39 is 0 Å². The smallest absolute Gasteiger partial charge is 0.0530 e. The minimum atomic E-state index is 0.454. The van der Waals surface area contributed by atoms with Crippen molar-refractivity contribution in [3.05, 3.63) is 41.6 Å². The largest absolute Gasteiger partial charge is 0.344 e. The predicted octanol–water partition coefficient (Wildman–Crippen LogP) is 2.44. The third-order valence-electron chi connectivity index (χ3n) is 4.07. The highest BCUT2D eigenvalue weighted by Gasteiger charge is 2.32. The molecule has 1 aromatic carbocycles. The highest BCUT2D eigenvalue weighted by atomic mass is 15.2. The van der Waals surface area contributed by atoms with Crippen LogP contribution in [0.3, 0.4) is 0 Å². The second-order valence-electron chi connectivity index (χ2n) is 5.35. The van der Waals surface area contributed by atoms with Crippen LogP contribution in [0, 0.1) is 0 Å². The second-order valence-corrected chi connectivity index (χ2v) is 5.35. The Labute approximate surface area is 104 Å². The monoisotopic (exact) mass is 228 g/mol. The fourth-order valence-electron chi connectivity index (χ4n) is 3.17. The van der Waals surface area contributed by atoms with E-state index in [0.717, 1.165) is 13.0 Å². The number of aryl methyl sites for hydroxylation is 1. The number of hydrogen-bond donors (Lipinski definition) is 0. The zero-order valence-corrected chi connectivity index (χ0v) is 10.7. The first-order valence-electron chi connectivity index (χ1n) is 6.42. The van der Waals surface area contributed by atoms with Gasteiger partial charge in [0.05, 0.1) is 6.04 Å². The molecule has 3 rings (SSSR count). The van der Waals surface area contributed by atoms with Crippen LogP contribution in [0.2, 0.25) is 0 Å². The molecule has 0 saturated heterocycles. The van der Waals surface area contributed by atoms with Gasteiger partial charge >= 0.3 is 0 Å². The summed E-state index contributed by atoms with van der Waals surface area (Å²) in [5.74, 6) is 0. The standard InChI is InChI=1S/C15H20N2/c1-11-14(16(2)3)10-13-7-4-6-12-8-5-9-17(11)15(12)13/h4,6-7,14H,1,5,8-10H2,2-3H3. The molecule has 1 aromatic rings. The van der Waals surface area contributed by atoms with Crippen LogP contribution in [0.5, 0.6) is 0 Å². The van der Waals surface area contributed by atoms with E-state index in [9.17, 15) is 0 Å². The summed E-state index contributed by atoms with van der Waals surface area (Å²) in [5, 5.41) is 0. The molecule has 1 atom stereocenters.